The molecule has 3 aromatic rings. The summed E-state index contributed by atoms with van der Waals surface area (Å²) in [5.41, 5.74) is 11.8. The van der Waals surface area contributed by atoms with Crippen LogP contribution in [-0.2, 0) is 28.7 Å². The molecule has 0 unspecified atom stereocenters. The molecule has 1 aromatic heterocycles. The Kier molecular flexibility index (Phi) is 7.38. The van der Waals surface area contributed by atoms with E-state index >= 15 is 0 Å². The number of aliphatic imine (C=N–C) groups is 1. The molecule has 4 aliphatic carbocycles. The fourth-order valence-electron chi connectivity index (χ4n) is 9.75. The zero-order valence-corrected chi connectivity index (χ0v) is 32.2. The average Bonchev–Trinajstić information content (AvgIpc) is 3.75. The fraction of sp³-hybridized carbons (Fsp3) is 0.511. The lowest BCUT2D eigenvalue weighted by Crippen LogP contribution is -2.45. The molecule has 2 saturated carbocycles. The predicted molar refractivity (Wildman–Crippen MR) is 207 cm³/mol. The van der Waals surface area contributed by atoms with Crippen LogP contribution in [0.3, 0.4) is 0 Å². The Labute approximate surface area is 317 Å². The van der Waals surface area contributed by atoms with E-state index in [1.807, 2.05) is 51.3 Å². The number of aromatic amines is 1. The summed E-state index contributed by atoms with van der Waals surface area (Å²) in [5, 5.41) is 0. The minimum absolute atomic E-state index is 0.0355. The van der Waals surface area contributed by atoms with Gasteiger partial charge in [0.25, 0.3) is 0 Å². The van der Waals surface area contributed by atoms with Crippen molar-refractivity contribution in [1.82, 2.24) is 19.8 Å². The van der Waals surface area contributed by atoms with E-state index < -0.39 is 11.2 Å². The topological polar surface area (TPSA) is 100 Å². The van der Waals surface area contributed by atoms with E-state index in [-0.39, 0.29) is 30.3 Å². The van der Waals surface area contributed by atoms with Crippen molar-refractivity contribution >= 4 is 23.5 Å². The highest BCUT2D eigenvalue weighted by molar-refractivity contribution is 6.05. The summed E-state index contributed by atoms with van der Waals surface area (Å²) in [6.07, 6.45) is 8.09. The summed E-state index contributed by atoms with van der Waals surface area (Å²) in [6, 6.07) is 13.6. The van der Waals surface area contributed by atoms with E-state index in [2.05, 4.69) is 53.2 Å². The molecule has 2 saturated heterocycles. The van der Waals surface area contributed by atoms with Crippen molar-refractivity contribution in [2.24, 2.45) is 16.8 Å². The second-order valence-electron chi connectivity index (χ2n) is 18.6. The molecule has 0 spiro atoms. The third-order valence-electron chi connectivity index (χ3n) is 12.3. The molecule has 2 amide bonds. The van der Waals surface area contributed by atoms with Gasteiger partial charge in [0.15, 0.2) is 0 Å². The lowest BCUT2D eigenvalue weighted by Gasteiger charge is -2.30. The summed E-state index contributed by atoms with van der Waals surface area (Å²) < 4.78 is 11.6. The largest absolute Gasteiger partial charge is 0.444 e. The van der Waals surface area contributed by atoms with Gasteiger partial charge in [0.1, 0.15) is 17.0 Å². The SMILES string of the molecule is CC(C)(C)OC(=O)N1[C@@H]2C[C@@H]2C[C@H]1C1=NC2=C(C1)c1ccc(C#Cc3ccc4c(c3)CCc3[nH]c([C@@H]5C[C@H]6C[C@H]6N5C(=O)OC(C)(C)C)nc3-4)cc1CC2. The van der Waals surface area contributed by atoms with Crippen LogP contribution in [0.5, 0.6) is 0 Å². The van der Waals surface area contributed by atoms with Gasteiger partial charge in [-0.3, -0.25) is 14.8 Å². The Bertz CT molecular complexity index is 2260. The highest BCUT2D eigenvalue weighted by Crippen LogP contribution is 2.54. The van der Waals surface area contributed by atoms with Gasteiger partial charge in [-0.1, -0.05) is 24.0 Å². The summed E-state index contributed by atoms with van der Waals surface area (Å²) in [7, 11) is 0. The third-order valence-corrected chi connectivity index (χ3v) is 12.3. The molecule has 2 aromatic carbocycles. The number of ether oxygens (including phenoxy) is 2. The van der Waals surface area contributed by atoms with Gasteiger partial charge in [0.05, 0.1) is 17.8 Å². The van der Waals surface area contributed by atoms with E-state index in [1.54, 1.807) is 0 Å². The van der Waals surface area contributed by atoms with E-state index in [4.69, 9.17) is 19.5 Å². The van der Waals surface area contributed by atoms with E-state index in [0.29, 0.717) is 17.9 Å². The van der Waals surface area contributed by atoms with Gasteiger partial charge in [0, 0.05) is 52.3 Å². The average molecular weight is 724 g/mol. The fourth-order valence-corrected chi connectivity index (χ4v) is 9.75. The number of fused-ring (bicyclic) bond motifs is 7. The van der Waals surface area contributed by atoms with Gasteiger partial charge in [0.2, 0.25) is 0 Å². The van der Waals surface area contributed by atoms with Crippen LogP contribution >= 0.6 is 0 Å². The first kappa shape index (κ1) is 33.7. The van der Waals surface area contributed by atoms with Crippen LogP contribution in [0, 0.1) is 23.7 Å². The maximum atomic E-state index is 13.2. The van der Waals surface area contributed by atoms with Crippen LogP contribution in [-0.4, -0.2) is 67.0 Å². The zero-order chi connectivity index (χ0) is 37.3. The molecule has 54 heavy (non-hydrogen) atoms. The monoisotopic (exact) mass is 723 g/mol. The minimum Gasteiger partial charge on any atom is -0.444 e. The number of hydrogen-bond acceptors (Lipinski definition) is 6. The molecule has 3 aliphatic heterocycles. The molecule has 1 N–H and O–H groups in total. The molecular weight excluding hydrogens is 675 g/mol. The maximum absolute atomic E-state index is 13.2. The smallest absolute Gasteiger partial charge is 0.411 e. The number of benzene rings is 2. The third kappa shape index (κ3) is 5.93. The number of carbonyl (C=O) groups excluding carboxylic acids is 2. The van der Waals surface area contributed by atoms with Crippen molar-refractivity contribution in [1.29, 1.82) is 0 Å². The summed E-state index contributed by atoms with van der Waals surface area (Å²) in [5.74, 6) is 8.90. The lowest BCUT2D eigenvalue weighted by molar-refractivity contribution is 0.0173. The summed E-state index contributed by atoms with van der Waals surface area (Å²) in [4.78, 5) is 44.3. The van der Waals surface area contributed by atoms with E-state index in [9.17, 15) is 9.59 Å². The number of piperidine rings is 2. The van der Waals surface area contributed by atoms with E-state index in [0.717, 1.165) is 97.4 Å². The second kappa shape index (κ2) is 11.8. The molecule has 0 radical (unpaired) electrons. The van der Waals surface area contributed by atoms with Crippen LogP contribution in [0.2, 0.25) is 0 Å². The number of rotatable bonds is 2. The van der Waals surface area contributed by atoms with Gasteiger partial charge in [-0.05, 0) is 151 Å². The molecule has 9 nitrogen and oxygen atoms in total. The van der Waals surface area contributed by atoms with Crippen LogP contribution in [0.15, 0.2) is 47.1 Å². The molecule has 7 aliphatic rings. The zero-order valence-electron chi connectivity index (χ0n) is 32.2. The van der Waals surface area contributed by atoms with Gasteiger partial charge < -0.3 is 14.5 Å². The van der Waals surface area contributed by atoms with Gasteiger partial charge in [-0.2, -0.15) is 0 Å². The van der Waals surface area contributed by atoms with Gasteiger partial charge >= 0.3 is 12.2 Å². The normalized spacial score (nSPS) is 27.1. The number of aromatic nitrogens is 2. The van der Waals surface area contributed by atoms with Crippen LogP contribution in [0.25, 0.3) is 16.8 Å². The number of nitrogens with zero attached hydrogens (tertiary/aromatic N) is 4. The van der Waals surface area contributed by atoms with E-state index in [1.165, 1.54) is 28.0 Å². The van der Waals surface area contributed by atoms with Crippen molar-refractivity contribution in [3.8, 4) is 23.1 Å². The summed E-state index contributed by atoms with van der Waals surface area (Å²) >= 11 is 0. The number of likely N-dealkylation sites (tertiary alicyclic amines) is 2. The van der Waals surface area contributed by atoms with Crippen LogP contribution < -0.4 is 0 Å². The lowest BCUT2D eigenvalue weighted by atomic mass is 9.86. The first-order valence-corrected chi connectivity index (χ1v) is 20.0. The molecule has 0 bridgehead atoms. The number of nitrogens with one attached hydrogen (secondary N) is 1. The van der Waals surface area contributed by atoms with Crippen LogP contribution in [0.4, 0.5) is 9.59 Å². The van der Waals surface area contributed by atoms with Gasteiger partial charge in [-0.15, -0.1) is 0 Å². The van der Waals surface area contributed by atoms with Crippen LogP contribution in [0.1, 0.15) is 125 Å². The Morgan fingerprint density at radius 3 is 1.96 bits per heavy atom. The molecule has 4 fully saturated rings. The number of amides is 2. The predicted octanol–water partition coefficient (Wildman–Crippen LogP) is 8.55. The standard InChI is InChI=1S/C45H49N5O4/c1-44(2,3)53-42(51)49-36-19-28(36)21-38(49)35-23-32-30-13-9-24(17-26(30)11-15-33(32)46-35)7-8-25-10-14-31-27(18-25)12-16-34-40(31)48-41(47-34)39-22-29-20-37(29)50(39)43(52)54-45(4,5)6/h9-10,13-14,17-18,28-29,36-39H,11-12,15-16,19-23H2,1-6H3,(H,47,48)/t28-,29-,36-,37-,38+,39+/m1/s1. The molecule has 4 heterocycles. The quantitative estimate of drug-likeness (QED) is 0.267. The van der Waals surface area contributed by atoms with Crippen molar-refractivity contribution in [2.75, 3.05) is 0 Å². The Hall–Kier alpha value is -4.84. The number of carbonyl (C=O) groups is 2. The highest BCUT2D eigenvalue weighted by atomic mass is 16.6. The highest BCUT2D eigenvalue weighted by Gasteiger charge is 2.57. The summed E-state index contributed by atoms with van der Waals surface area (Å²) in [6.45, 7) is 11.6. The maximum Gasteiger partial charge on any atom is 0.411 e. The Morgan fingerprint density at radius 2 is 1.31 bits per heavy atom. The Balaban J connectivity index is 0.833. The Morgan fingerprint density at radius 1 is 0.741 bits per heavy atom. The van der Waals surface area contributed by atoms with Crippen molar-refractivity contribution < 1.29 is 19.1 Å². The molecule has 9 heteroatoms. The molecular formula is C45H49N5O4. The van der Waals surface area contributed by atoms with Crippen molar-refractivity contribution in [2.45, 2.75) is 135 Å². The van der Waals surface area contributed by atoms with Crippen molar-refractivity contribution in [3.63, 3.8) is 0 Å². The molecule has 278 valence electrons. The number of allylic oxidation sites excluding steroid dienone is 2. The van der Waals surface area contributed by atoms with Gasteiger partial charge in [-0.25, -0.2) is 14.6 Å². The first-order valence-electron chi connectivity index (χ1n) is 20.0. The van der Waals surface area contributed by atoms with Crippen molar-refractivity contribution in [3.05, 3.63) is 81.4 Å². The number of aryl methyl sites for hydroxylation is 3. The number of imidazole rings is 1. The number of hydrogen-bond donors (Lipinski definition) is 1. The number of H-pyrrole nitrogens is 1. The first-order chi connectivity index (χ1) is 25.8. The molecule has 6 atom stereocenters. The minimum atomic E-state index is -0.529. The molecule has 10 rings (SSSR count). The second-order valence-corrected chi connectivity index (χ2v) is 18.6.